The fourth-order valence-electron chi connectivity index (χ4n) is 17.7. The number of anilines is 5. The summed E-state index contributed by atoms with van der Waals surface area (Å²) in [6, 6.07) is 48.3. The molecule has 33 heteroatoms. The van der Waals surface area contributed by atoms with E-state index in [9.17, 15) is 75.8 Å². The Kier molecular flexibility index (Phi) is 21.8. The molecular weight excluding hydrogens is 1760 g/mol. The second-order valence-corrected chi connectivity index (χ2v) is 37.0. The highest BCUT2D eigenvalue weighted by Gasteiger charge is 2.59. The molecule has 0 bridgehead atoms. The molecule has 0 saturated carbocycles. The van der Waals surface area contributed by atoms with E-state index in [2.05, 4.69) is 42.0 Å². The molecule has 636 valence electrons. The smallest absolute Gasteiger partial charge is 0.374 e. The Balaban J connectivity index is 0.000000111. The van der Waals surface area contributed by atoms with Gasteiger partial charge >= 0.3 is 12.4 Å². The van der Waals surface area contributed by atoms with Crippen molar-refractivity contribution in [1.29, 1.82) is 10.5 Å². The van der Waals surface area contributed by atoms with Gasteiger partial charge in [-0.25, -0.2) is 25.0 Å². The zero-order valence-corrected chi connectivity index (χ0v) is 72.1. The lowest BCUT2D eigenvalue weighted by molar-refractivity contribution is -0.138. The number of fused-ring (bicyclic) bond motifs is 12. The number of rotatable bonds is 5. The molecule has 10 aliphatic heterocycles. The fraction of sp³-hybridized carbons (Fsp3) is 0.283. The summed E-state index contributed by atoms with van der Waals surface area (Å²) >= 11 is 13.8. The summed E-state index contributed by atoms with van der Waals surface area (Å²) in [5.41, 5.74) is -1.26. The lowest BCUT2D eigenvalue weighted by Crippen LogP contribution is -2.48. The molecule has 0 radical (unpaired) electrons. The van der Waals surface area contributed by atoms with Crippen molar-refractivity contribution in [1.82, 2.24) is 0 Å². The largest absolute Gasteiger partial charge is 0.416 e. The summed E-state index contributed by atoms with van der Waals surface area (Å²) in [5, 5.41) is 74.3. The first-order chi connectivity index (χ1) is 59.4. The molecule has 3 aromatic heterocycles. The third-order valence-electron chi connectivity index (χ3n) is 24.1. The van der Waals surface area contributed by atoms with Crippen LogP contribution >= 0.6 is 61.5 Å². The number of benzene rings is 7. The van der Waals surface area contributed by atoms with Crippen LogP contribution in [0.4, 0.5) is 82.5 Å². The van der Waals surface area contributed by atoms with Gasteiger partial charge in [0, 0.05) is 129 Å². The Labute approximate surface area is 737 Å². The highest BCUT2D eigenvalue weighted by Crippen LogP contribution is 2.52. The average Bonchev–Trinajstić information content (AvgIpc) is 1.61. The van der Waals surface area contributed by atoms with Crippen LogP contribution in [-0.4, -0.2) is 144 Å². The Hall–Kier alpha value is -11.5. The standard InChI is InChI=1S/C20H14F3N3O2.C19H14ClF3N2O2.C19H18N2O2S.C18H15N3O2S.C16H13BrN2O2S/c1-11-8-14-16(9-15(11)20(21,22)23)25-18-19(28,17(14)27)6-7-26(18)13-4-2-12(10-24)3-5-13;1-10-8-13-15(9-14(10)19(21,22)23)24-17-18(27,16(13)26)6-7-25(17)12-4-2-11(20)3-5-12;22-16-15-13-8-4-5-9-14(13)24-17(15)20-18-19(16,23)10-11-21(18)12-6-2-1-3-7-12;1-10-7-13(4-3-12(10)9-19)21-6-5-18(23)16(22)15-14(20-17(18)21)8-11(2)24-15;1-9-7-12-13(22-9)14(20)16(21)5-6-19(15(16)18-12)11-4-2-3-10(17)8-11/h2-5,8-9,28H,6-7H2,1H3;2-5,8-9,27H,6-7H2,1H3;1-3,6-7,23H,4-5,8-11H2;3-4,7-8,23H,5-6H2,1-2H3;2-4,7-8,21H,5-6H2,1H3/t19-;18-;19-;18-;16-/m11111/s1. The number of nitriles is 2. The predicted molar refractivity (Wildman–Crippen MR) is 472 cm³/mol. The van der Waals surface area contributed by atoms with Crippen LogP contribution < -0.4 is 24.5 Å². The summed E-state index contributed by atoms with van der Waals surface area (Å²) in [6.07, 6.45) is -3.58. The Morgan fingerprint density at radius 2 is 0.824 bits per heavy atom. The number of nitrogens with zero attached hydrogens (tertiary/aromatic N) is 12. The first-order valence-corrected chi connectivity index (χ1v) is 43.5. The highest BCUT2D eigenvalue weighted by molar-refractivity contribution is 9.10. The number of thiophene rings is 3. The van der Waals surface area contributed by atoms with Gasteiger partial charge in [0.25, 0.3) is 0 Å². The molecule has 125 heavy (non-hydrogen) atoms. The number of ketones is 5. The highest BCUT2D eigenvalue weighted by atomic mass is 79.9. The average molecular weight is 1830 g/mol. The van der Waals surface area contributed by atoms with Gasteiger partial charge in [0.15, 0.2) is 33.8 Å². The normalized spacial score (nSPS) is 22.6. The van der Waals surface area contributed by atoms with Gasteiger partial charge in [-0.15, -0.1) is 34.0 Å². The number of para-hydroxylation sites is 1. The van der Waals surface area contributed by atoms with Crippen LogP contribution in [0.15, 0.2) is 187 Å². The lowest BCUT2D eigenvalue weighted by Gasteiger charge is -2.30. The maximum atomic E-state index is 13.3. The summed E-state index contributed by atoms with van der Waals surface area (Å²) in [7, 11) is 0. The van der Waals surface area contributed by atoms with Crippen molar-refractivity contribution in [2.45, 2.75) is 133 Å². The second-order valence-electron chi connectivity index (χ2n) is 32.1. The third-order valence-corrected chi connectivity index (χ3v) is 28.1. The Morgan fingerprint density at radius 3 is 1.27 bits per heavy atom. The topological polar surface area (TPSA) is 312 Å². The van der Waals surface area contributed by atoms with E-state index in [-0.39, 0.29) is 82.0 Å². The predicted octanol–water partition coefficient (Wildman–Crippen LogP) is 18.6. The number of hydrogen-bond donors (Lipinski definition) is 5. The van der Waals surface area contributed by atoms with Crippen LogP contribution in [0.25, 0.3) is 0 Å². The van der Waals surface area contributed by atoms with Crippen molar-refractivity contribution in [2.24, 2.45) is 25.0 Å². The number of hydrogen-bond acceptors (Lipinski definition) is 25. The quantitative estimate of drug-likeness (QED) is 0.1000. The Morgan fingerprint density at radius 1 is 0.424 bits per heavy atom. The molecule has 5 N–H and O–H groups in total. The molecule has 0 amide bonds. The molecule has 10 aromatic rings. The van der Waals surface area contributed by atoms with Crippen molar-refractivity contribution in [2.75, 3.05) is 57.2 Å². The number of aliphatic imine (C=N–C) groups is 5. The summed E-state index contributed by atoms with van der Waals surface area (Å²) in [5.74, 6) is -0.508. The van der Waals surface area contributed by atoms with Crippen LogP contribution in [-0.2, 0) is 25.2 Å². The van der Waals surface area contributed by atoms with Crippen LogP contribution in [0.5, 0.6) is 0 Å². The molecule has 0 unspecified atom stereocenters. The minimum absolute atomic E-state index is 0.00436. The molecule has 5 saturated heterocycles. The van der Waals surface area contributed by atoms with Gasteiger partial charge in [0.1, 0.15) is 28.3 Å². The van der Waals surface area contributed by atoms with Crippen molar-refractivity contribution in [3.05, 3.63) is 253 Å². The molecule has 21 rings (SSSR count). The summed E-state index contributed by atoms with van der Waals surface area (Å²) in [4.78, 5) is 100. The van der Waals surface area contributed by atoms with Gasteiger partial charge in [-0.3, -0.25) is 24.0 Å². The number of amidine groups is 5. The minimum atomic E-state index is -4.57. The van der Waals surface area contributed by atoms with Crippen LogP contribution in [0.2, 0.25) is 5.02 Å². The van der Waals surface area contributed by atoms with Gasteiger partial charge in [0.05, 0.1) is 72.5 Å². The van der Waals surface area contributed by atoms with Gasteiger partial charge < -0.3 is 50.0 Å². The van der Waals surface area contributed by atoms with E-state index in [1.54, 1.807) is 75.7 Å². The van der Waals surface area contributed by atoms with Crippen molar-refractivity contribution < 1.29 is 75.8 Å². The number of aliphatic hydroxyl groups is 5. The molecule has 7 aromatic carbocycles. The maximum absolute atomic E-state index is 13.3. The van der Waals surface area contributed by atoms with Gasteiger partial charge in [-0.05, 0) is 216 Å². The molecule has 1 aliphatic carbocycles. The number of aryl methyl sites for hydroxylation is 6. The van der Waals surface area contributed by atoms with Crippen LogP contribution in [0, 0.1) is 57.3 Å². The molecule has 11 aliphatic rings. The van der Waals surface area contributed by atoms with Gasteiger partial charge in [-0.1, -0.05) is 51.8 Å². The van der Waals surface area contributed by atoms with Crippen LogP contribution in [0.1, 0.15) is 155 Å². The zero-order valence-electron chi connectivity index (χ0n) is 67.3. The first-order valence-electron chi connectivity index (χ1n) is 39.9. The first kappa shape index (κ1) is 85.6. The minimum Gasteiger partial charge on any atom is -0.374 e. The Bertz CT molecular complexity index is 6510. The molecule has 0 spiro atoms. The second kappa shape index (κ2) is 31.8. The molecule has 5 atom stereocenters. The van der Waals surface area contributed by atoms with E-state index in [0.29, 0.717) is 117 Å². The van der Waals surface area contributed by atoms with E-state index >= 15 is 0 Å². The third kappa shape index (κ3) is 14.8. The van der Waals surface area contributed by atoms with Crippen LogP contribution in [0.3, 0.4) is 0 Å². The van der Waals surface area contributed by atoms with Gasteiger partial charge in [-0.2, -0.15) is 36.9 Å². The van der Waals surface area contributed by atoms with E-state index in [1.807, 2.05) is 120 Å². The lowest BCUT2D eigenvalue weighted by atomic mass is 9.85. The number of carbonyl (C=O) groups is 5. The molecule has 22 nitrogen and oxygen atoms in total. The fourth-order valence-corrected chi connectivity index (χ4v) is 21.4. The number of alkyl halides is 6. The number of halogens is 8. The van der Waals surface area contributed by atoms with Crippen molar-refractivity contribution in [3.8, 4) is 12.1 Å². The van der Waals surface area contributed by atoms with E-state index in [1.165, 1.54) is 47.8 Å². The molecule has 5 fully saturated rings. The monoisotopic (exact) mass is 1830 g/mol. The summed E-state index contributed by atoms with van der Waals surface area (Å²) in [6.45, 7) is 10.6. The summed E-state index contributed by atoms with van der Waals surface area (Å²) < 4.78 is 80.4. The van der Waals surface area contributed by atoms with Crippen molar-refractivity contribution in [3.63, 3.8) is 0 Å². The van der Waals surface area contributed by atoms with E-state index < -0.39 is 63.1 Å². The number of carbonyl (C=O) groups excluding carboxylic acids is 5. The number of Topliss-reactive ketones (excluding diaryl/α,β-unsaturated/α-hetero) is 5. The maximum Gasteiger partial charge on any atom is 0.416 e. The van der Waals surface area contributed by atoms with E-state index in [0.717, 1.165) is 90.9 Å². The van der Waals surface area contributed by atoms with Crippen molar-refractivity contribution >= 4 is 176 Å². The zero-order chi connectivity index (χ0) is 88.7. The van der Waals surface area contributed by atoms with E-state index in [4.69, 9.17) is 27.1 Å². The molecular formula is C92H74BrClF6N12O10S3. The molecule has 13 heterocycles. The van der Waals surface area contributed by atoms with Gasteiger partial charge in [0.2, 0.25) is 28.9 Å². The SMILES string of the molecule is Cc1cc2c(cc1C(F)(F)F)N=C1N(c3ccc(C#N)cc3)CC[C@@]1(O)C2=O.Cc1cc2c(cc1C(F)(F)F)N=C1N(c3ccc(Cl)cc3)CC[C@@]1(O)C2=O.Cc1cc2c(s1)C(=O)[C@]1(O)CCN(c3ccc(C#N)c(C)c3)C1=N2.Cc1cc2c(s1)C(=O)[C@]1(O)CCN(c3cccc(Br)c3)C1=N2.O=C1c2c(sc3c2CCCC3)N=C2N(c3ccccc3)CC[C@@]12O.